The highest BCUT2D eigenvalue weighted by molar-refractivity contribution is 5.86. The lowest BCUT2D eigenvalue weighted by Gasteiger charge is -2.20. The van der Waals surface area contributed by atoms with Gasteiger partial charge in [-0.25, -0.2) is 0 Å². The molecule has 0 spiro atoms. The molecule has 0 amide bonds. The predicted octanol–water partition coefficient (Wildman–Crippen LogP) is 4.96. The van der Waals surface area contributed by atoms with Crippen molar-refractivity contribution in [2.24, 2.45) is 5.92 Å². The van der Waals surface area contributed by atoms with Crippen molar-refractivity contribution >= 4 is 11.0 Å². The first-order valence-corrected chi connectivity index (χ1v) is 7.94. The fourth-order valence-electron chi connectivity index (χ4n) is 2.93. The molecule has 0 aliphatic carbocycles. The normalized spacial score (nSPS) is 12.6. The van der Waals surface area contributed by atoms with E-state index in [2.05, 4.69) is 59.0 Å². The monoisotopic (exact) mass is 287 g/mol. The number of fused-ring (bicyclic) bond motifs is 1. The van der Waals surface area contributed by atoms with Crippen molar-refractivity contribution in [1.29, 1.82) is 0 Å². The summed E-state index contributed by atoms with van der Waals surface area (Å²) >= 11 is 0. The Balaban J connectivity index is 2.74. The molecule has 0 unspecified atom stereocenters. The molecule has 0 bridgehead atoms. The van der Waals surface area contributed by atoms with Crippen LogP contribution in [0.3, 0.4) is 0 Å². The zero-order chi connectivity index (χ0) is 15.8. The van der Waals surface area contributed by atoms with Gasteiger partial charge in [-0.15, -0.1) is 0 Å². The second-order valence-electron chi connectivity index (χ2n) is 7.57. The fraction of sp³-hybridized carbons (Fsp3) is 0.579. The molecule has 0 radical (unpaired) electrons. The fourth-order valence-corrected chi connectivity index (χ4v) is 2.93. The third kappa shape index (κ3) is 3.32. The molecule has 1 N–H and O–H groups in total. The van der Waals surface area contributed by atoms with Gasteiger partial charge in [0.1, 0.15) is 11.3 Å². The molecular formula is C19H29NO. The zero-order valence-corrected chi connectivity index (χ0v) is 14.6. The van der Waals surface area contributed by atoms with Crippen molar-refractivity contribution in [2.45, 2.75) is 59.9 Å². The first-order chi connectivity index (χ1) is 9.74. The van der Waals surface area contributed by atoms with Crippen LogP contribution >= 0.6 is 0 Å². The van der Waals surface area contributed by atoms with Crippen LogP contribution in [0.5, 0.6) is 0 Å². The van der Waals surface area contributed by atoms with E-state index in [0.717, 1.165) is 24.3 Å². The maximum atomic E-state index is 6.29. The van der Waals surface area contributed by atoms with Gasteiger partial charge in [0.2, 0.25) is 0 Å². The van der Waals surface area contributed by atoms with Gasteiger partial charge in [-0.05, 0) is 43.4 Å². The molecule has 0 aliphatic rings. The number of nitrogens with one attached hydrogen (secondary N) is 1. The van der Waals surface area contributed by atoms with Crippen LogP contribution in [0.1, 0.15) is 57.1 Å². The Morgan fingerprint density at radius 3 is 2.38 bits per heavy atom. The predicted molar refractivity (Wildman–Crippen MR) is 91.0 cm³/mol. The van der Waals surface area contributed by atoms with Crippen molar-refractivity contribution < 1.29 is 4.42 Å². The van der Waals surface area contributed by atoms with Gasteiger partial charge in [0, 0.05) is 16.5 Å². The highest BCUT2D eigenvalue weighted by Gasteiger charge is 2.23. The topological polar surface area (TPSA) is 25.2 Å². The number of benzene rings is 1. The molecule has 0 atom stereocenters. The molecule has 116 valence electrons. The van der Waals surface area contributed by atoms with Gasteiger partial charge in [0.25, 0.3) is 0 Å². The summed E-state index contributed by atoms with van der Waals surface area (Å²) in [6.45, 7) is 14.3. The van der Waals surface area contributed by atoms with E-state index < -0.39 is 0 Å². The summed E-state index contributed by atoms with van der Waals surface area (Å²) in [5, 5.41) is 4.54. The Hall–Kier alpha value is -1.28. The van der Waals surface area contributed by atoms with Gasteiger partial charge >= 0.3 is 0 Å². The lowest BCUT2D eigenvalue weighted by molar-refractivity contribution is 0.502. The Morgan fingerprint density at radius 1 is 1.19 bits per heavy atom. The Morgan fingerprint density at radius 2 is 1.86 bits per heavy atom. The lowest BCUT2D eigenvalue weighted by Crippen LogP contribution is -2.11. The minimum Gasteiger partial charge on any atom is -0.459 e. The van der Waals surface area contributed by atoms with Crippen LogP contribution < -0.4 is 5.32 Å². The van der Waals surface area contributed by atoms with Crippen LogP contribution in [-0.4, -0.2) is 7.05 Å². The molecule has 0 fully saturated rings. The molecule has 2 aromatic rings. The van der Waals surface area contributed by atoms with E-state index in [1.165, 1.54) is 22.1 Å². The van der Waals surface area contributed by atoms with Crippen molar-refractivity contribution in [3.8, 4) is 0 Å². The summed E-state index contributed by atoms with van der Waals surface area (Å²) in [6.07, 6.45) is 1.07. The van der Waals surface area contributed by atoms with E-state index >= 15 is 0 Å². The minimum absolute atomic E-state index is 0.0914. The summed E-state index contributed by atoms with van der Waals surface area (Å²) in [5.41, 5.74) is 5.17. The number of furan rings is 1. The quantitative estimate of drug-likeness (QED) is 0.860. The third-order valence-electron chi connectivity index (χ3n) is 3.88. The second-order valence-corrected chi connectivity index (χ2v) is 7.57. The van der Waals surface area contributed by atoms with Crippen LogP contribution in [0.4, 0.5) is 0 Å². The Kier molecular flexibility index (Phi) is 4.48. The van der Waals surface area contributed by atoms with Crippen LogP contribution in [0.15, 0.2) is 16.5 Å². The number of rotatable bonds is 4. The third-order valence-corrected chi connectivity index (χ3v) is 3.88. The van der Waals surface area contributed by atoms with Crippen molar-refractivity contribution in [3.63, 3.8) is 0 Å². The summed E-state index contributed by atoms with van der Waals surface area (Å²) < 4.78 is 6.29. The summed E-state index contributed by atoms with van der Waals surface area (Å²) in [5.74, 6) is 1.72. The highest BCUT2D eigenvalue weighted by atomic mass is 16.3. The second kappa shape index (κ2) is 5.84. The molecule has 21 heavy (non-hydrogen) atoms. The zero-order valence-electron chi connectivity index (χ0n) is 14.6. The van der Waals surface area contributed by atoms with Gasteiger partial charge in [-0.1, -0.05) is 40.7 Å². The van der Waals surface area contributed by atoms with Crippen LogP contribution in [-0.2, 0) is 18.4 Å². The van der Waals surface area contributed by atoms with Gasteiger partial charge < -0.3 is 9.73 Å². The maximum Gasteiger partial charge on any atom is 0.138 e. The van der Waals surface area contributed by atoms with Gasteiger partial charge in [0.15, 0.2) is 0 Å². The molecule has 2 heteroatoms. The molecule has 1 heterocycles. The van der Waals surface area contributed by atoms with Crippen molar-refractivity contribution in [2.75, 3.05) is 7.05 Å². The average Bonchev–Trinajstić information content (AvgIpc) is 2.66. The molecule has 1 aromatic carbocycles. The first kappa shape index (κ1) is 16.1. The van der Waals surface area contributed by atoms with E-state index in [1.807, 2.05) is 7.05 Å². The van der Waals surface area contributed by atoms with Crippen LogP contribution in [0.25, 0.3) is 11.0 Å². The average molecular weight is 287 g/mol. The maximum absolute atomic E-state index is 6.29. The molecule has 0 aliphatic heterocycles. The van der Waals surface area contributed by atoms with E-state index in [9.17, 15) is 0 Å². The number of aryl methyl sites for hydroxylation is 1. The summed E-state index contributed by atoms with van der Waals surface area (Å²) in [6, 6.07) is 4.55. The van der Waals surface area contributed by atoms with Crippen molar-refractivity contribution in [3.05, 3.63) is 34.6 Å². The van der Waals surface area contributed by atoms with E-state index in [-0.39, 0.29) is 5.41 Å². The SMILES string of the molecule is CNCc1oc2c(C(C)(C)C)cc(C)cc2c1CC(C)C. The Bertz CT molecular complexity index is 629. The first-order valence-electron chi connectivity index (χ1n) is 7.94. The van der Waals surface area contributed by atoms with E-state index in [0.29, 0.717) is 5.92 Å². The molecule has 0 saturated heterocycles. The van der Waals surface area contributed by atoms with Crippen LogP contribution in [0, 0.1) is 12.8 Å². The highest BCUT2D eigenvalue weighted by Crippen LogP contribution is 2.36. The molecule has 1 aromatic heterocycles. The molecular weight excluding hydrogens is 258 g/mol. The van der Waals surface area contributed by atoms with E-state index in [1.54, 1.807) is 0 Å². The largest absolute Gasteiger partial charge is 0.459 e. The van der Waals surface area contributed by atoms with Crippen molar-refractivity contribution in [1.82, 2.24) is 5.32 Å². The summed E-state index contributed by atoms with van der Waals surface area (Å²) in [4.78, 5) is 0. The minimum atomic E-state index is 0.0914. The summed E-state index contributed by atoms with van der Waals surface area (Å²) in [7, 11) is 1.97. The standard InChI is InChI=1S/C19H29NO/c1-12(2)8-14-15-9-13(3)10-16(19(4,5)6)18(15)21-17(14)11-20-7/h9-10,12,20H,8,11H2,1-7H3. The van der Waals surface area contributed by atoms with E-state index in [4.69, 9.17) is 4.42 Å². The molecule has 0 saturated carbocycles. The van der Waals surface area contributed by atoms with Gasteiger partial charge in [0.05, 0.1) is 6.54 Å². The lowest BCUT2D eigenvalue weighted by atomic mass is 9.84. The molecule has 2 nitrogen and oxygen atoms in total. The van der Waals surface area contributed by atoms with Gasteiger partial charge in [-0.2, -0.15) is 0 Å². The smallest absolute Gasteiger partial charge is 0.138 e. The Labute approximate surface area is 128 Å². The number of hydrogen-bond donors (Lipinski definition) is 1. The van der Waals surface area contributed by atoms with Gasteiger partial charge in [-0.3, -0.25) is 0 Å². The molecule has 2 rings (SSSR count). The van der Waals surface area contributed by atoms with Crippen LogP contribution in [0.2, 0.25) is 0 Å². The number of hydrogen-bond acceptors (Lipinski definition) is 2.